The highest BCUT2D eigenvalue weighted by Gasteiger charge is 2.23. The largest absolute Gasteiger partial charge is 0.392 e. The number of hydrogen-bond donors (Lipinski definition) is 1. The van der Waals surface area contributed by atoms with E-state index in [9.17, 15) is 23.7 Å². The van der Waals surface area contributed by atoms with Gasteiger partial charge in [0.1, 0.15) is 17.6 Å². The Bertz CT molecular complexity index is 422. The van der Waals surface area contributed by atoms with Crippen molar-refractivity contribution in [2.75, 3.05) is 5.73 Å². The number of anilines is 1. The van der Waals surface area contributed by atoms with Gasteiger partial charge in [-0.2, -0.15) is 0 Å². The summed E-state index contributed by atoms with van der Waals surface area (Å²) in [5.74, 6) is 0. The van der Waals surface area contributed by atoms with Crippen LogP contribution in [0.15, 0.2) is 6.20 Å². The SMILES string of the molecule is Nc1c([N+](=O)[O-])cnc(C(F)F)c1C=O. The van der Waals surface area contributed by atoms with Gasteiger partial charge in [-0.25, -0.2) is 13.8 Å². The fourth-order valence-corrected chi connectivity index (χ4v) is 0.989. The summed E-state index contributed by atoms with van der Waals surface area (Å²) in [6.07, 6.45) is -2.38. The Kier molecular flexibility index (Phi) is 2.88. The predicted molar refractivity (Wildman–Crippen MR) is 45.6 cm³/mol. The molecule has 2 N–H and O–H groups in total. The molecule has 0 atom stereocenters. The van der Waals surface area contributed by atoms with Gasteiger partial charge in [-0.15, -0.1) is 0 Å². The van der Waals surface area contributed by atoms with Gasteiger partial charge >= 0.3 is 5.69 Å². The summed E-state index contributed by atoms with van der Waals surface area (Å²) < 4.78 is 24.6. The number of nitrogens with two attached hydrogens (primary N) is 1. The van der Waals surface area contributed by atoms with Crippen molar-refractivity contribution in [3.05, 3.63) is 27.6 Å². The molecular weight excluding hydrogens is 212 g/mol. The van der Waals surface area contributed by atoms with Gasteiger partial charge < -0.3 is 5.73 Å². The van der Waals surface area contributed by atoms with E-state index < -0.39 is 34.0 Å². The molecule has 0 aliphatic rings. The number of nitrogens with zero attached hydrogens (tertiary/aromatic N) is 2. The highest BCUT2D eigenvalue weighted by molar-refractivity contribution is 5.88. The maximum atomic E-state index is 12.3. The topological polar surface area (TPSA) is 99.1 Å². The molecule has 0 aliphatic carbocycles. The lowest BCUT2D eigenvalue weighted by molar-refractivity contribution is -0.384. The minimum Gasteiger partial charge on any atom is -0.392 e. The van der Waals surface area contributed by atoms with E-state index in [0.717, 1.165) is 0 Å². The molecular formula is C7H5F2N3O3. The lowest BCUT2D eigenvalue weighted by Crippen LogP contribution is -2.06. The quantitative estimate of drug-likeness (QED) is 0.467. The maximum absolute atomic E-state index is 12.3. The molecule has 1 rings (SSSR count). The van der Waals surface area contributed by atoms with Crippen LogP contribution in [0.2, 0.25) is 0 Å². The molecule has 80 valence electrons. The van der Waals surface area contributed by atoms with Crippen LogP contribution in [0.5, 0.6) is 0 Å². The first-order valence-electron chi connectivity index (χ1n) is 3.65. The number of nitro groups is 1. The molecule has 0 fully saturated rings. The van der Waals surface area contributed by atoms with E-state index in [1.807, 2.05) is 0 Å². The molecule has 0 bridgehead atoms. The Hall–Kier alpha value is -2.12. The van der Waals surface area contributed by atoms with E-state index in [4.69, 9.17) is 5.73 Å². The first-order chi connectivity index (χ1) is 6.99. The summed E-state index contributed by atoms with van der Waals surface area (Å²) in [4.78, 5) is 23.0. The summed E-state index contributed by atoms with van der Waals surface area (Å²) in [5, 5.41) is 10.4. The minimum atomic E-state index is -3.01. The van der Waals surface area contributed by atoms with E-state index in [1.54, 1.807) is 0 Å². The van der Waals surface area contributed by atoms with Crippen molar-refractivity contribution in [3.8, 4) is 0 Å². The third-order valence-electron chi connectivity index (χ3n) is 1.69. The number of carbonyl (C=O) groups is 1. The Morgan fingerprint density at radius 3 is 2.60 bits per heavy atom. The standard InChI is InChI=1S/C7H5F2N3O3/c8-7(9)6-3(2-13)5(10)4(1-11-6)12(14)15/h1-2,7H,(H2,10,11). The number of pyridine rings is 1. The molecule has 6 nitrogen and oxygen atoms in total. The highest BCUT2D eigenvalue weighted by atomic mass is 19.3. The number of hydrogen-bond acceptors (Lipinski definition) is 5. The second-order valence-electron chi connectivity index (χ2n) is 2.53. The first-order valence-corrected chi connectivity index (χ1v) is 3.65. The maximum Gasteiger partial charge on any atom is 0.310 e. The average molecular weight is 217 g/mol. The van der Waals surface area contributed by atoms with Crippen molar-refractivity contribution in [2.24, 2.45) is 0 Å². The number of rotatable bonds is 3. The van der Waals surface area contributed by atoms with Crippen molar-refractivity contribution in [2.45, 2.75) is 6.43 Å². The first kappa shape index (κ1) is 11.0. The van der Waals surface area contributed by atoms with E-state index in [0.29, 0.717) is 6.20 Å². The molecule has 1 aromatic rings. The van der Waals surface area contributed by atoms with Crippen LogP contribution in [0.3, 0.4) is 0 Å². The fourth-order valence-electron chi connectivity index (χ4n) is 0.989. The second kappa shape index (κ2) is 3.95. The summed E-state index contributed by atoms with van der Waals surface area (Å²) in [6.45, 7) is 0. The summed E-state index contributed by atoms with van der Waals surface area (Å²) in [6, 6.07) is 0. The minimum absolute atomic E-state index is 0.0246. The molecule has 0 aromatic carbocycles. The fraction of sp³-hybridized carbons (Fsp3) is 0.143. The van der Waals surface area contributed by atoms with Crippen LogP contribution in [-0.4, -0.2) is 16.2 Å². The van der Waals surface area contributed by atoms with Crippen molar-refractivity contribution >= 4 is 17.7 Å². The number of aldehydes is 1. The van der Waals surface area contributed by atoms with Crippen molar-refractivity contribution < 1.29 is 18.5 Å². The van der Waals surface area contributed by atoms with Crippen molar-refractivity contribution in [3.63, 3.8) is 0 Å². The zero-order valence-corrected chi connectivity index (χ0v) is 7.18. The zero-order chi connectivity index (χ0) is 11.6. The van der Waals surface area contributed by atoms with E-state index in [2.05, 4.69) is 4.98 Å². The van der Waals surface area contributed by atoms with Gasteiger partial charge in [-0.05, 0) is 0 Å². The summed E-state index contributed by atoms with van der Waals surface area (Å²) >= 11 is 0. The number of nitrogen functional groups attached to an aromatic ring is 1. The Morgan fingerprint density at radius 2 is 2.20 bits per heavy atom. The normalized spacial score (nSPS) is 10.3. The Morgan fingerprint density at radius 1 is 1.60 bits per heavy atom. The van der Waals surface area contributed by atoms with E-state index in [-0.39, 0.29) is 6.29 Å². The molecule has 0 radical (unpaired) electrons. The van der Waals surface area contributed by atoms with Gasteiger partial charge in [-0.3, -0.25) is 14.9 Å². The lowest BCUT2D eigenvalue weighted by atomic mass is 10.1. The monoisotopic (exact) mass is 217 g/mol. The van der Waals surface area contributed by atoms with E-state index >= 15 is 0 Å². The number of alkyl halides is 2. The molecule has 0 saturated carbocycles. The number of carbonyl (C=O) groups excluding carboxylic acids is 1. The predicted octanol–water partition coefficient (Wildman–Crippen LogP) is 1.32. The van der Waals surface area contributed by atoms with Gasteiger partial charge in [-0.1, -0.05) is 0 Å². The third kappa shape index (κ3) is 1.87. The van der Waals surface area contributed by atoms with Crippen LogP contribution in [0, 0.1) is 10.1 Å². The van der Waals surface area contributed by atoms with Gasteiger partial charge in [0, 0.05) is 0 Å². The average Bonchev–Trinajstić information content (AvgIpc) is 2.16. The summed E-state index contributed by atoms with van der Waals surface area (Å²) in [5.41, 5.74) is 2.43. The van der Waals surface area contributed by atoms with Crippen LogP contribution in [0.4, 0.5) is 20.2 Å². The number of aromatic nitrogens is 1. The molecule has 0 amide bonds. The zero-order valence-electron chi connectivity index (χ0n) is 7.18. The lowest BCUT2D eigenvalue weighted by Gasteiger charge is -2.05. The molecule has 0 spiro atoms. The molecule has 0 aliphatic heterocycles. The molecule has 15 heavy (non-hydrogen) atoms. The van der Waals surface area contributed by atoms with Crippen LogP contribution >= 0.6 is 0 Å². The van der Waals surface area contributed by atoms with Gasteiger partial charge in [0.2, 0.25) is 0 Å². The van der Waals surface area contributed by atoms with Gasteiger partial charge in [0.25, 0.3) is 6.43 Å². The molecule has 1 aromatic heterocycles. The highest BCUT2D eigenvalue weighted by Crippen LogP contribution is 2.29. The van der Waals surface area contributed by atoms with Crippen molar-refractivity contribution in [1.82, 2.24) is 4.98 Å². The molecule has 1 heterocycles. The third-order valence-corrected chi connectivity index (χ3v) is 1.69. The van der Waals surface area contributed by atoms with Gasteiger partial charge in [0.15, 0.2) is 6.29 Å². The second-order valence-corrected chi connectivity index (χ2v) is 2.53. The Balaban J connectivity index is 3.45. The number of halogens is 2. The van der Waals surface area contributed by atoms with Crippen LogP contribution in [-0.2, 0) is 0 Å². The van der Waals surface area contributed by atoms with Crippen LogP contribution < -0.4 is 5.73 Å². The smallest absolute Gasteiger partial charge is 0.310 e. The molecule has 8 heteroatoms. The van der Waals surface area contributed by atoms with Crippen LogP contribution in [0.1, 0.15) is 22.5 Å². The molecule has 0 saturated heterocycles. The van der Waals surface area contributed by atoms with Gasteiger partial charge in [0.05, 0.1) is 10.5 Å². The van der Waals surface area contributed by atoms with E-state index in [1.165, 1.54) is 0 Å². The Labute approximate surface area is 81.9 Å². The molecule has 0 unspecified atom stereocenters. The van der Waals surface area contributed by atoms with Crippen LogP contribution in [0.25, 0.3) is 0 Å². The van der Waals surface area contributed by atoms with Crippen molar-refractivity contribution in [1.29, 1.82) is 0 Å². The summed E-state index contributed by atoms with van der Waals surface area (Å²) in [7, 11) is 0.